The Bertz CT molecular complexity index is 415. The molecular weight excluding hydrogens is 237 g/mol. The molecule has 3 nitrogen and oxygen atoms in total. The van der Waals surface area contributed by atoms with Crippen molar-refractivity contribution in [2.45, 2.75) is 12.6 Å². The Balaban J connectivity index is 3.54. The second kappa shape index (κ2) is 4.03. The van der Waals surface area contributed by atoms with Gasteiger partial charge in [-0.3, -0.25) is 4.98 Å². The second-order valence-corrected chi connectivity index (χ2v) is 2.72. The molecule has 0 unspecified atom stereocenters. The van der Waals surface area contributed by atoms with Crippen LogP contribution in [0.25, 0.3) is 0 Å². The predicted molar refractivity (Wildman–Crippen MR) is 41.2 cm³/mol. The van der Waals surface area contributed by atoms with Gasteiger partial charge >= 0.3 is 12.1 Å². The molecule has 0 saturated carbocycles. The third-order valence-electron chi connectivity index (χ3n) is 1.70. The minimum atomic E-state index is -5.19. The number of carbonyl (C=O) groups is 1. The number of carboxylic acid groups (broad SMARTS) is 1. The van der Waals surface area contributed by atoms with Crippen molar-refractivity contribution in [3.05, 3.63) is 29.1 Å². The molecule has 0 fully saturated rings. The highest BCUT2D eigenvalue weighted by atomic mass is 19.4. The van der Waals surface area contributed by atoms with E-state index in [4.69, 9.17) is 5.11 Å². The van der Waals surface area contributed by atoms with Gasteiger partial charge in [0.1, 0.15) is 5.69 Å². The number of hydrogen-bond donors (Lipinski definition) is 1. The lowest BCUT2D eigenvalue weighted by Gasteiger charge is -2.13. The molecular formula is C8H4F5NO2. The smallest absolute Gasteiger partial charge is 0.419 e. The highest BCUT2D eigenvalue weighted by Crippen LogP contribution is 2.37. The van der Waals surface area contributed by atoms with Crippen molar-refractivity contribution < 1.29 is 31.9 Å². The van der Waals surface area contributed by atoms with Gasteiger partial charge in [0.05, 0.1) is 11.1 Å². The van der Waals surface area contributed by atoms with Gasteiger partial charge in [0.25, 0.3) is 6.43 Å². The molecule has 88 valence electrons. The number of alkyl halides is 5. The largest absolute Gasteiger partial charge is 0.478 e. The Morgan fingerprint density at radius 2 is 1.94 bits per heavy atom. The Kier molecular flexibility index (Phi) is 3.11. The van der Waals surface area contributed by atoms with Crippen LogP contribution in [0.1, 0.15) is 28.0 Å². The van der Waals surface area contributed by atoms with E-state index in [0.717, 1.165) is 0 Å². The van der Waals surface area contributed by atoms with Gasteiger partial charge in [0.15, 0.2) is 0 Å². The van der Waals surface area contributed by atoms with Gasteiger partial charge < -0.3 is 5.11 Å². The maximum Gasteiger partial charge on any atom is 0.419 e. The number of nitrogens with zero attached hydrogens (tertiary/aromatic N) is 1. The summed E-state index contributed by atoms with van der Waals surface area (Å²) < 4.78 is 61.7. The predicted octanol–water partition coefficient (Wildman–Crippen LogP) is 2.74. The van der Waals surface area contributed by atoms with E-state index < -0.39 is 35.4 Å². The van der Waals surface area contributed by atoms with E-state index in [1.165, 1.54) is 0 Å². The second-order valence-electron chi connectivity index (χ2n) is 2.72. The van der Waals surface area contributed by atoms with Crippen molar-refractivity contribution in [3.8, 4) is 0 Å². The van der Waals surface area contributed by atoms with Crippen molar-refractivity contribution in [2.24, 2.45) is 0 Å². The number of aromatic carboxylic acids is 1. The molecule has 0 aromatic carbocycles. The number of aromatic nitrogens is 1. The highest BCUT2D eigenvalue weighted by molar-refractivity contribution is 5.89. The van der Waals surface area contributed by atoms with Crippen LogP contribution < -0.4 is 0 Å². The normalized spacial score (nSPS) is 11.9. The summed E-state index contributed by atoms with van der Waals surface area (Å²) in [5.41, 5.74) is -4.72. The zero-order valence-corrected chi connectivity index (χ0v) is 7.42. The minimum Gasteiger partial charge on any atom is -0.478 e. The van der Waals surface area contributed by atoms with Crippen molar-refractivity contribution in [3.63, 3.8) is 0 Å². The first-order valence-corrected chi connectivity index (χ1v) is 3.82. The van der Waals surface area contributed by atoms with E-state index in [1.54, 1.807) is 0 Å². The molecule has 0 bridgehead atoms. The molecule has 1 heterocycles. The van der Waals surface area contributed by atoms with Crippen LogP contribution in [0, 0.1) is 0 Å². The number of rotatable bonds is 2. The minimum absolute atomic E-state index is 0.525. The van der Waals surface area contributed by atoms with Crippen LogP contribution in [0.2, 0.25) is 0 Å². The van der Waals surface area contributed by atoms with Gasteiger partial charge in [0.2, 0.25) is 0 Å². The van der Waals surface area contributed by atoms with E-state index >= 15 is 0 Å². The monoisotopic (exact) mass is 241 g/mol. The lowest BCUT2D eigenvalue weighted by molar-refractivity contribution is -0.140. The summed E-state index contributed by atoms with van der Waals surface area (Å²) in [4.78, 5) is 13.3. The lowest BCUT2D eigenvalue weighted by Crippen LogP contribution is -2.17. The van der Waals surface area contributed by atoms with Crippen LogP contribution in [0.4, 0.5) is 22.0 Å². The molecule has 16 heavy (non-hydrogen) atoms. The zero-order chi connectivity index (χ0) is 12.5. The van der Waals surface area contributed by atoms with Gasteiger partial charge in [-0.05, 0) is 6.07 Å². The fraction of sp³-hybridized carbons (Fsp3) is 0.250. The standard InChI is InChI=1S/C8H4F5NO2/c9-6(10)5-4(8(11,12)13)3(7(15)16)1-2-14-5/h1-2,6H,(H,15,16). The summed E-state index contributed by atoms with van der Waals surface area (Å²) in [5.74, 6) is -1.93. The van der Waals surface area contributed by atoms with Crippen molar-refractivity contribution >= 4 is 5.97 Å². The third kappa shape index (κ3) is 2.26. The van der Waals surface area contributed by atoms with Crippen LogP contribution in [-0.2, 0) is 6.18 Å². The number of carboxylic acids is 1. The van der Waals surface area contributed by atoms with Crippen LogP contribution in [0.15, 0.2) is 12.3 Å². The summed E-state index contributed by atoms with van der Waals surface area (Å²) in [5, 5.41) is 8.46. The van der Waals surface area contributed by atoms with Gasteiger partial charge in [-0.25, -0.2) is 13.6 Å². The molecule has 0 aliphatic carbocycles. The first-order chi connectivity index (χ1) is 7.25. The Morgan fingerprint density at radius 1 is 1.38 bits per heavy atom. The van der Waals surface area contributed by atoms with Gasteiger partial charge in [-0.1, -0.05) is 0 Å². The van der Waals surface area contributed by atoms with E-state index in [9.17, 15) is 26.7 Å². The molecule has 0 spiro atoms. The topological polar surface area (TPSA) is 50.2 Å². The molecule has 1 aromatic rings. The van der Waals surface area contributed by atoms with E-state index in [2.05, 4.69) is 4.98 Å². The highest BCUT2D eigenvalue weighted by Gasteiger charge is 2.40. The molecule has 0 aliphatic rings. The van der Waals surface area contributed by atoms with Gasteiger partial charge in [-0.2, -0.15) is 13.2 Å². The Hall–Kier alpha value is -1.73. The maximum atomic E-state index is 12.4. The molecule has 8 heteroatoms. The van der Waals surface area contributed by atoms with Crippen LogP contribution in [-0.4, -0.2) is 16.1 Å². The molecule has 0 radical (unpaired) electrons. The molecule has 0 amide bonds. The first-order valence-electron chi connectivity index (χ1n) is 3.82. The number of pyridine rings is 1. The fourth-order valence-electron chi connectivity index (χ4n) is 1.12. The summed E-state index contributed by atoms with van der Waals surface area (Å²) in [7, 11) is 0. The summed E-state index contributed by atoms with van der Waals surface area (Å²) in [6.45, 7) is 0. The van der Waals surface area contributed by atoms with Crippen LogP contribution in [0.5, 0.6) is 0 Å². The average Bonchev–Trinajstić information content (AvgIpc) is 2.15. The van der Waals surface area contributed by atoms with Crippen molar-refractivity contribution in [1.29, 1.82) is 0 Å². The quantitative estimate of drug-likeness (QED) is 0.810. The number of halogens is 5. The zero-order valence-electron chi connectivity index (χ0n) is 7.42. The molecule has 1 rings (SSSR count). The van der Waals surface area contributed by atoms with E-state index in [1.807, 2.05) is 0 Å². The van der Waals surface area contributed by atoms with Crippen LogP contribution >= 0.6 is 0 Å². The summed E-state index contributed by atoms with van der Waals surface area (Å²) >= 11 is 0. The van der Waals surface area contributed by atoms with E-state index in [-0.39, 0.29) is 0 Å². The van der Waals surface area contributed by atoms with Gasteiger partial charge in [0, 0.05) is 6.20 Å². The van der Waals surface area contributed by atoms with Crippen molar-refractivity contribution in [1.82, 2.24) is 4.98 Å². The maximum absolute atomic E-state index is 12.4. The molecule has 0 saturated heterocycles. The van der Waals surface area contributed by atoms with Crippen molar-refractivity contribution in [2.75, 3.05) is 0 Å². The third-order valence-corrected chi connectivity index (χ3v) is 1.70. The Labute approximate surface area is 85.5 Å². The molecule has 0 atom stereocenters. The van der Waals surface area contributed by atoms with Crippen LogP contribution in [0.3, 0.4) is 0 Å². The Morgan fingerprint density at radius 3 is 2.31 bits per heavy atom. The fourth-order valence-corrected chi connectivity index (χ4v) is 1.12. The molecule has 1 aromatic heterocycles. The molecule has 0 aliphatic heterocycles. The SMILES string of the molecule is O=C(O)c1ccnc(C(F)F)c1C(F)(F)F. The lowest BCUT2D eigenvalue weighted by atomic mass is 10.1. The number of hydrogen-bond acceptors (Lipinski definition) is 2. The first kappa shape index (κ1) is 12.3. The van der Waals surface area contributed by atoms with E-state index in [0.29, 0.717) is 12.3 Å². The summed E-state index contributed by atoms with van der Waals surface area (Å²) in [6.07, 6.45) is -8.08. The molecule has 1 N–H and O–H groups in total. The summed E-state index contributed by atoms with van der Waals surface area (Å²) in [6, 6.07) is 0.525. The average molecular weight is 241 g/mol. The van der Waals surface area contributed by atoms with Gasteiger partial charge in [-0.15, -0.1) is 0 Å².